The third kappa shape index (κ3) is 5.42. The highest BCUT2D eigenvalue weighted by atomic mass is 32.2. The van der Waals surface area contributed by atoms with Crippen LogP contribution in [0.5, 0.6) is 0 Å². The topological polar surface area (TPSA) is 58.2 Å². The Bertz CT molecular complexity index is 714. The van der Waals surface area contributed by atoms with Crippen LogP contribution in [0.25, 0.3) is 0 Å². The highest BCUT2D eigenvalue weighted by Gasteiger charge is 2.14. The number of thioether (sulfide) groups is 1. The molecular formula is C19H22N2O2S. The molecule has 126 valence electrons. The maximum Gasteiger partial charge on any atom is 0.233 e. The van der Waals surface area contributed by atoms with Gasteiger partial charge in [-0.1, -0.05) is 24.3 Å². The predicted octanol–water partition coefficient (Wildman–Crippen LogP) is 3.75. The quantitative estimate of drug-likeness (QED) is 0.786. The molecule has 4 nitrogen and oxygen atoms in total. The molecule has 0 heterocycles. The maximum atomic E-state index is 12.3. The Morgan fingerprint density at radius 2 is 1.75 bits per heavy atom. The molecule has 0 aromatic heterocycles. The molecule has 0 saturated carbocycles. The lowest BCUT2D eigenvalue weighted by molar-refractivity contribution is -0.120. The normalized spacial score (nSPS) is 11.6. The molecule has 24 heavy (non-hydrogen) atoms. The van der Waals surface area contributed by atoms with Crippen LogP contribution in [0.3, 0.4) is 0 Å². The van der Waals surface area contributed by atoms with Crippen LogP contribution in [0, 0.1) is 6.92 Å². The number of carbonyl (C=O) groups is 2. The minimum absolute atomic E-state index is 0.00851. The van der Waals surface area contributed by atoms with Gasteiger partial charge in [0.15, 0.2) is 0 Å². The molecule has 2 rings (SSSR count). The molecule has 0 fully saturated rings. The second-order valence-electron chi connectivity index (χ2n) is 5.61. The van der Waals surface area contributed by atoms with Crippen molar-refractivity contribution in [2.45, 2.75) is 37.5 Å². The zero-order valence-electron chi connectivity index (χ0n) is 14.1. The molecule has 0 spiro atoms. The summed E-state index contributed by atoms with van der Waals surface area (Å²) in [6, 6.07) is 15.5. The molecule has 5 heteroatoms. The molecule has 0 bridgehead atoms. The van der Waals surface area contributed by atoms with Crippen molar-refractivity contribution in [3.8, 4) is 0 Å². The molecule has 1 unspecified atom stereocenters. The van der Waals surface area contributed by atoms with Gasteiger partial charge < -0.3 is 10.6 Å². The molecule has 2 amide bonds. The number of carbonyl (C=O) groups excluding carboxylic acids is 2. The highest BCUT2D eigenvalue weighted by Crippen LogP contribution is 2.25. The zero-order chi connectivity index (χ0) is 17.5. The zero-order valence-corrected chi connectivity index (χ0v) is 14.9. The van der Waals surface area contributed by atoms with Crippen LogP contribution in [0.1, 0.15) is 25.0 Å². The van der Waals surface area contributed by atoms with Crippen molar-refractivity contribution in [3.05, 3.63) is 59.7 Å². The fraction of sp³-hybridized carbons (Fsp3) is 0.263. The SMILES string of the molecule is CC(=O)Nc1ccc(SC(C)C(=O)NCc2ccccc2C)cc1. The van der Waals surface area contributed by atoms with Gasteiger partial charge in [-0.25, -0.2) is 0 Å². The highest BCUT2D eigenvalue weighted by molar-refractivity contribution is 8.00. The summed E-state index contributed by atoms with van der Waals surface area (Å²) in [5, 5.41) is 5.51. The number of nitrogens with one attached hydrogen (secondary N) is 2. The molecule has 0 aliphatic heterocycles. The largest absolute Gasteiger partial charge is 0.351 e. The van der Waals surface area contributed by atoms with E-state index in [2.05, 4.69) is 10.6 Å². The van der Waals surface area contributed by atoms with Gasteiger partial charge in [-0.3, -0.25) is 9.59 Å². The summed E-state index contributed by atoms with van der Waals surface area (Å²) in [6.07, 6.45) is 0. The Morgan fingerprint density at radius 3 is 2.38 bits per heavy atom. The van der Waals surface area contributed by atoms with Gasteiger partial charge in [-0.05, 0) is 49.2 Å². The third-order valence-electron chi connectivity index (χ3n) is 3.57. The Labute approximate surface area is 147 Å². The summed E-state index contributed by atoms with van der Waals surface area (Å²) in [6.45, 7) is 5.94. The fourth-order valence-electron chi connectivity index (χ4n) is 2.21. The van der Waals surface area contributed by atoms with E-state index in [0.717, 1.165) is 16.1 Å². The second-order valence-corrected chi connectivity index (χ2v) is 7.02. The summed E-state index contributed by atoms with van der Waals surface area (Å²) in [4.78, 5) is 24.3. The third-order valence-corrected chi connectivity index (χ3v) is 4.68. The number of amides is 2. The van der Waals surface area contributed by atoms with Gasteiger partial charge >= 0.3 is 0 Å². The van der Waals surface area contributed by atoms with Gasteiger partial charge in [0.25, 0.3) is 0 Å². The van der Waals surface area contributed by atoms with Crippen molar-refractivity contribution in [2.75, 3.05) is 5.32 Å². The fourth-order valence-corrected chi connectivity index (χ4v) is 3.10. The van der Waals surface area contributed by atoms with Gasteiger partial charge in [-0.2, -0.15) is 0 Å². The molecule has 0 radical (unpaired) electrons. The smallest absolute Gasteiger partial charge is 0.233 e. The van der Waals surface area contributed by atoms with E-state index in [1.807, 2.05) is 62.4 Å². The van der Waals surface area contributed by atoms with E-state index < -0.39 is 0 Å². The van der Waals surface area contributed by atoms with E-state index in [1.165, 1.54) is 24.2 Å². The van der Waals surface area contributed by atoms with Crippen LogP contribution in [-0.2, 0) is 16.1 Å². The van der Waals surface area contributed by atoms with Crippen LogP contribution in [0.15, 0.2) is 53.4 Å². The monoisotopic (exact) mass is 342 g/mol. The number of aryl methyl sites for hydroxylation is 1. The Balaban J connectivity index is 1.87. The Morgan fingerprint density at radius 1 is 1.08 bits per heavy atom. The summed E-state index contributed by atoms with van der Waals surface area (Å²) >= 11 is 1.49. The second kappa shape index (κ2) is 8.55. The first kappa shape index (κ1) is 18.1. The average molecular weight is 342 g/mol. The molecule has 2 aromatic rings. The Kier molecular flexibility index (Phi) is 6.44. The molecule has 1 atom stereocenters. The lowest BCUT2D eigenvalue weighted by atomic mass is 10.1. The van der Waals surface area contributed by atoms with E-state index in [0.29, 0.717) is 6.54 Å². The van der Waals surface area contributed by atoms with Gasteiger partial charge in [-0.15, -0.1) is 11.8 Å². The average Bonchev–Trinajstić information content (AvgIpc) is 2.55. The van der Waals surface area contributed by atoms with Crippen LogP contribution in [-0.4, -0.2) is 17.1 Å². The first-order valence-corrected chi connectivity index (χ1v) is 8.70. The molecule has 0 aliphatic carbocycles. The summed E-state index contributed by atoms with van der Waals surface area (Å²) in [5.41, 5.74) is 3.05. The van der Waals surface area contributed by atoms with Crippen molar-refractivity contribution < 1.29 is 9.59 Å². The van der Waals surface area contributed by atoms with E-state index >= 15 is 0 Å². The number of hydrogen-bond donors (Lipinski definition) is 2. The molecule has 0 aliphatic rings. The standard InChI is InChI=1S/C19H22N2O2S/c1-13-6-4-5-7-16(13)12-20-19(23)14(2)24-18-10-8-17(9-11-18)21-15(3)22/h4-11,14H,12H2,1-3H3,(H,20,23)(H,21,22). The van der Waals surface area contributed by atoms with E-state index in [1.54, 1.807) is 0 Å². The van der Waals surface area contributed by atoms with Crippen molar-refractivity contribution >= 4 is 29.3 Å². The number of hydrogen-bond acceptors (Lipinski definition) is 3. The first-order valence-electron chi connectivity index (χ1n) is 7.82. The van der Waals surface area contributed by atoms with Crippen molar-refractivity contribution in [1.82, 2.24) is 5.32 Å². The predicted molar refractivity (Wildman–Crippen MR) is 99.1 cm³/mol. The summed E-state index contributed by atoms with van der Waals surface area (Å²) < 4.78 is 0. The van der Waals surface area contributed by atoms with Crippen molar-refractivity contribution in [2.24, 2.45) is 0 Å². The van der Waals surface area contributed by atoms with Crippen LogP contribution in [0.4, 0.5) is 5.69 Å². The molecule has 0 saturated heterocycles. The number of benzene rings is 2. The van der Waals surface area contributed by atoms with Crippen molar-refractivity contribution in [3.63, 3.8) is 0 Å². The van der Waals surface area contributed by atoms with Gasteiger partial charge in [0, 0.05) is 24.1 Å². The van der Waals surface area contributed by atoms with E-state index in [4.69, 9.17) is 0 Å². The van der Waals surface area contributed by atoms with Gasteiger partial charge in [0.2, 0.25) is 11.8 Å². The summed E-state index contributed by atoms with van der Waals surface area (Å²) in [7, 11) is 0. The van der Waals surface area contributed by atoms with Crippen LogP contribution < -0.4 is 10.6 Å². The maximum absolute atomic E-state index is 12.3. The molecule has 2 aromatic carbocycles. The Hall–Kier alpha value is -2.27. The molecular weight excluding hydrogens is 320 g/mol. The lowest BCUT2D eigenvalue weighted by Crippen LogP contribution is -2.30. The summed E-state index contributed by atoms with van der Waals surface area (Å²) in [5.74, 6) is -0.0893. The number of anilines is 1. The van der Waals surface area contributed by atoms with Crippen LogP contribution >= 0.6 is 11.8 Å². The lowest BCUT2D eigenvalue weighted by Gasteiger charge is -2.13. The first-order chi connectivity index (χ1) is 11.5. The minimum Gasteiger partial charge on any atom is -0.351 e. The van der Waals surface area contributed by atoms with Crippen molar-refractivity contribution in [1.29, 1.82) is 0 Å². The molecule has 2 N–H and O–H groups in total. The van der Waals surface area contributed by atoms with Crippen LogP contribution in [0.2, 0.25) is 0 Å². The minimum atomic E-state index is -0.194. The van der Waals surface area contributed by atoms with Gasteiger partial charge in [0.05, 0.1) is 5.25 Å². The van der Waals surface area contributed by atoms with Gasteiger partial charge in [0.1, 0.15) is 0 Å². The van der Waals surface area contributed by atoms with E-state index in [-0.39, 0.29) is 17.1 Å². The van der Waals surface area contributed by atoms with E-state index in [9.17, 15) is 9.59 Å². The number of rotatable bonds is 6.